The summed E-state index contributed by atoms with van der Waals surface area (Å²) in [7, 11) is 0. The first-order chi connectivity index (χ1) is 17.4. The van der Waals surface area contributed by atoms with Gasteiger partial charge in [-0.3, -0.25) is 4.79 Å². The third-order valence-corrected chi connectivity index (χ3v) is 7.29. The van der Waals surface area contributed by atoms with E-state index in [1.54, 1.807) is 72.8 Å². The van der Waals surface area contributed by atoms with Gasteiger partial charge in [-0.1, -0.05) is 79.4 Å². The van der Waals surface area contributed by atoms with E-state index in [0.717, 1.165) is 6.08 Å². The zero-order chi connectivity index (χ0) is 25.1. The second kappa shape index (κ2) is 7.88. The van der Waals surface area contributed by atoms with E-state index in [9.17, 15) is 19.8 Å². The molecule has 4 aromatic rings. The van der Waals surface area contributed by atoms with Crippen molar-refractivity contribution in [3.05, 3.63) is 120 Å². The average molecular weight is 479 g/mol. The van der Waals surface area contributed by atoms with Gasteiger partial charge in [0, 0.05) is 23.3 Å². The van der Waals surface area contributed by atoms with Crippen molar-refractivity contribution in [2.24, 2.45) is 5.92 Å². The molecule has 2 bridgehead atoms. The van der Waals surface area contributed by atoms with Gasteiger partial charge >= 0.3 is 11.9 Å². The molecule has 0 amide bonds. The maximum Gasteiger partial charge on any atom is 0.335 e. The lowest BCUT2D eigenvalue weighted by molar-refractivity contribution is -0.157. The molecule has 3 aliphatic carbocycles. The van der Waals surface area contributed by atoms with Crippen LogP contribution in [0.3, 0.4) is 0 Å². The number of aliphatic hydroxyl groups is 2. The van der Waals surface area contributed by atoms with Crippen LogP contribution in [0.4, 0.5) is 0 Å². The zero-order valence-corrected chi connectivity index (χ0v) is 19.2. The second-order valence-electron chi connectivity index (χ2n) is 9.13. The molecule has 4 aromatic carbocycles. The summed E-state index contributed by atoms with van der Waals surface area (Å²) in [6.45, 7) is 3.42. The molecule has 0 aromatic heterocycles. The molecule has 0 radical (unpaired) electrons. The highest BCUT2D eigenvalue weighted by molar-refractivity contribution is 5.97. The number of carbonyl (C=O) groups excluding carboxylic acids is 2. The summed E-state index contributed by atoms with van der Waals surface area (Å²) < 4.78 is 11.2. The molecule has 36 heavy (non-hydrogen) atoms. The van der Waals surface area contributed by atoms with Crippen LogP contribution in [0.1, 0.15) is 28.7 Å². The van der Waals surface area contributed by atoms with Crippen LogP contribution in [-0.4, -0.2) is 22.2 Å². The molecule has 6 nitrogen and oxygen atoms in total. The SMILES string of the molecule is C=CC(=O)Oc1ccc(OC(=O)C2CC3(O)c4ccccc4C2(O)c2ccccc23)c2ccccc12. The van der Waals surface area contributed by atoms with E-state index in [1.807, 2.05) is 12.1 Å². The number of rotatable bonds is 4. The lowest BCUT2D eigenvalue weighted by atomic mass is 9.54. The van der Waals surface area contributed by atoms with Crippen LogP contribution in [0.2, 0.25) is 0 Å². The monoisotopic (exact) mass is 478 g/mol. The Hall–Kier alpha value is -4.26. The topological polar surface area (TPSA) is 93.1 Å². The van der Waals surface area contributed by atoms with Crippen LogP contribution >= 0.6 is 0 Å². The summed E-state index contributed by atoms with van der Waals surface area (Å²) >= 11 is 0. The fourth-order valence-corrected chi connectivity index (χ4v) is 5.69. The molecule has 0 fully saturated rings. The minimum absolute atomic E-state index is 0.0245. The largest absolute Gasteiger partial charge is 0.426 e. The predicted octanol–water partition coefficient (Wildman–Crippen LogP) is 4.34. The minimum atomic E-state index is -1.66. The number of carbonyl (C=O) groups is 2. The van der Waals surface area contributed by atoms with Gasteiger partial charge in [0.2, 0.25) is 0 Å². The molecule has 0 heterocycles. The van der Waals surface area contributed by atoms with Crippen molar-refractivity contribution < 1.29 is 29.3 Å². The summed E-state index contributed by atoms with van der Waals surface area (Å²) in [5, 5.41) is 25.2. The minimum Gasteiger partial charge on any atom is -0.426 e. The number of esters is 2. The summed E-state index contributed by atoms with van der Waals surface area (Å²) in [5.41, 5.74) is -0.925. The average Bonchev–Trinajstić information content (AvgIpc) is 2.91. The van der Waals surface area contributed by atoms with Crippen LogP contribution in [0, 0.1) is 5.92 Å². The maximum atomic E-state index is 13.7. The zero-order valence-electron chi connectivity index (χ0n) is 19.2. The number of benzene rings is 4. The molecule has 0 saturated carbocycles. The van der Waals surface area contributed by atoms with Crippen molar-refractivity contribution in [1.82, 2.24) is 0 Å². The van der Waals surface area contributed by atoms with E-state index in [4.69, 9.17) is 9.47 Å². The first-order valence-electron chi connectivity index (χ1n) is 11.6. The predicted molar refractivity (Wildman–Crippen MR) is 132 cm³/mol. The Labute approximate surface area is 207 Å². The first kappa shape index (κ1) is 22.2. The Balaban J connectivity index is 1.43. The van der Waals surface area contributed by atoms with Gasteiger partial charge in [-0.05, 0) is 34.4 Å². The number of hydrogen-bond acceptors (Lipinski definition) is 6. The van der Waals surface area contributed by atoms with Gasteiger partial charge in [-0.25, -0.2) is 4.79 Å². The highest BCUT2D eigenvalue weighted by atomic mass is 16.5. The first-order valence-corrected chi connectivity index (χ1v) is 11.6. The number of hydrogen-bond donors (Lipinski definition) is 2. The Bertz CT molecular complexity index is 1520. The van der Waals surface area contributed by atoms with Crippen molar-refractivity contribution in [2.75, 3.05) is 0 Å². The molecule has 0 aliphatic heterocycles. The Morgan fingerprint density at radius 2 is 1.22 bits per heavy atom. The van der Waals surface area contributed by atoms with Crippen LogP contribution in [-0.2, 0) is 20.8 Å². The Kier molecular flexibility index (Phi) is 4.86. The van der Waals surface area contributed by atoms with E-state index in [2.05, 4.69) is 6.58 Å². The Morgan fingerprint density at radius 3 is 1.75 bits per heavy atom. The number of ether oxygens (including phenoxy) is 2. The van der Waals surface area contributed by atoms with Crippen molar-refractivity contribution in [3.63, 3.8) is 0 Å². The summed E-state index contributed by atoms with van der Waals surface area (Å²) in [4.78, 5) is 25.4. The molecular formula is C30H22O6. The molecule has 1 atom stereocenters. The fraction of sp³-hybridized carbons (Fsp3) is 0.133. The number of fused-ring (bicyclic) bond motifs is 2. The van der Waals surface area contributed by atoms with Crippen LogP contribution < -0.4 is 9.47 Å². The molecular weight excluding hydrogens is 456 g/mol. The van der Waals surface area contributed by atoms with Crippen molar-refractivity contribution in [2.45, 2.75) is 17.6 Å². The molecule has 0 saturated heterocycles. The van der Waals surface area contributed by atoms with Gasteiger partial charge in [-0.2, -0.15) is 0 Å². The van der Waals surface area contributed by atoms with Crippen LogP contribution in [0.15, 0.2) is 97.6 Å². The quantitative estimate of drug-likeness (QED) is 0.258. The highest BCUT2D eigenvalue weighted by Crippen LogP contribution is 2.59. The van der Waals surface area contributed by atoms with E-state index in [0.29, 0.717) is 38.8 Å². The second-order valence-corrected chi connectivity index (χ2v) is 9.13. The lowest BCUT2D eigenvalue weighted by Gasteiger charge is -2.53. The third kappa shape index (κ3) is 2.98. The smallest absolute Gasteiger partial charge is 0.335 e. The maximum absolute atomic E-state index is 13.7. The van der Waals surface area contributed by atoms with Gasteiger partial charge in [0.15, 0.2) is 0 Å². The van der Waals surface area contributed by atoms with Gasteiger partial charge in [0.25, 0.3) is 0 Å². The standard InChI is InChI=1S/C30H22O6/c1-2-27(31)35-25-15-16-26(19-10-4-3-9-18(19)25)36-28(32)24-17-29(33)20-11-5-7-13-22(20)30(24,34)23-14-8-6-12-21(23)29/h2-16,24,33-34H,1,17H2. The van der Waals surface area contributed by atoms with Crippen molar-refractivity contribution in [1.29, 1.82) is 0 Å². The van der Waals surface area contributed by atoms with Gasteiger partial charge < -0.3 is 19.7 Å². The van der Waals surface area contributed by atoms with Crippen molar-refractivity contribution >= 4 is 22.7 Å². The van der Waals surface area contributed by atoms with Gasteiger partial charge in [-0.15, -0.1) is 0 Å². The summed E-state index contributed by atoms with van der Waals surface area (Å²) in [6, 6.07) is 24.4. The van der Waals surface area contributed by atoms with Gasteiger partial charge in [0.1, 0.15) is 22.7 Å². The third-order valence-electron chi connectivity index (χ3n) is 7.29. The molecule has 2 N–H and O–H groups in total. The lowest BCUT2D eigenvalue weighted by Crippen LogP contribution is -2.57. The Morgan fingerprint density at radius 1 is 0.750 bits per heavy atom. The molecule has 7 rings (SSSR count). The van der Waals surface area contributed by atoms with Gasteiger partial charge in [0.05, 0.1) is 5.92 Å². The van der Waals surface area contributed by atoms with E-state index < -0.39 is 29.1 Å². The molecule has 3 aliphatic rings. The summed E-state index contributed by atoms with van der Waals surface area (Å²) in [5.74, 6) is -1.75. The molecule has 1 unspecified atom stereocenters. The molecule has 178 valence electrons. The molecule has 6 heteroatoms. The normalized spacial score (nSPS) is 23.4. The van der Waals surface area contributed by atoms with E-state index in [1.165, 1.54) is 0 Å². The van der Waals surface area contributed by atoms with Crippen molar-refractivity contribution in [3.8, 4) is 11.5 Å². The van der Waals surface area contributed by atoms with Crippen LogP contribution in [0.5, 0.6) is 11.5 Å². The summed E-state index contributed by atoms with van der Waals surface area (Å²) in [6.07, 6.45) is 1.05. The van der Waals surface area contributed by atoms with E-state index >= 15 is 0 Å². The van der Waals surface area contributed by atoms with Crippen LogP contribution in [0.25, 0.3) is 10.8 Å². The van der Waals surface area contributed by atoms with E-state index in [-0.39, 0.29) is 12.2 Å². The molecule has 0 spiro atoms. The fourth-order valence-electron chi connectivity index (χ4n) is 5.69. The highest BCUT2D eigenvalue weighted by Gasteiger charge is 2.62.